The van der Waals surface area contributed by atoms with Crippen LogP contribution in [0.3, 0.4) is 0 Å². The van der Waals surface area contributed by atoms with E-state index in [9.17, 15) is 18.0 Å². The lowest BCUT2D eigenvalue weighted by atomic mass is 9.85. The van der Waals surface area contributed by atoms with Gasteiger partial charge in [0.2, 0.25) is 0 Å². The van der Waals surface area contributed by atoms with Gasteiger partial charge in [-0.25, -0.2) is 19.6 Å². The zero-order valence-electron chi connectivity index (χ0n) is 29.7. The van der Waals surface area contributed by atoms with Crippen molar-refractivity contribution in [1.29, 1.82) is 0 Å². The van der Waals surface area contributed by atoms with Crippen molar-refractivity contribution < 1.29 is 18.0 Å². The average Bonchev–Trinajstić information content (AvgIpc) is 3.80. The third kappa shape index (κ3) is 8.27. The Labute approximate surface area is 297 Å². The summed E-state index contributed by atoms with van der Waals surface area (Å²) in [6.45, 7) is 7.17. The van der Waals surface area contributed by atoms with Gasteiger partial charge in [-0.2, -0.15) is 18.3 Å². The van der Waals surface area contributed by atoms with Crippen molar-refractivity contribution in [3.8, 4) is 11.3 Å². The Morgan fingerprint density at radius 1 is 1.10 bits per heavy atom. The molecule has 4 heterocycles. The second-order valence-corrected chi connectivity index (χ2v) is 14.3. The number of aromatic nitrogens is 5. The highest BCUT2D eigenvalue weighted by Crippen LogP contribution is 2.47. The number of nitrogens with zero attached hydrogens (tertiary/aromatic N) is 5. The van der Waals surface area contributed by atoms with Crippen molar-refractivity contribution >= 4 is 28.6 Å². The van der Waals surface area contributed by atoms with Gasteiger partial charge >= 0.3 is 6.18 Å². The first-order valence-electron chi connectivity index (χ1n) is 18.4. The molecule has 2 aliphatic rings. The first kappa shape index (κ1) is 36.5. The van der Waals surface area contributed by atoms with Crippen LogP contribution in [0.2, 0.25) is 0 Å². The molecule has 1 amide bonds. The summed E-state index contributed by atoms with van der Waals surface area (Å²) in [5, 5.41) is 12.1. The lowest BCUT2D eigenvalue weighted by Gasteiger charge is -2.23. The van der Waals surface area contributed by atoms with Crippen LogP contribution in [0.15, 0.2) is 55.0 Å². The van der Waals surface area contributed by atoms with Gasteiger partial charge in [0.25, 0.3) is 5.91 Å². The Balaban J connectivity index is 1.18. The fourth-order valence-electron chi connectivity index (χ4n) is 8.22. The van der Waals surface area contributed by atoms with Crippen LogP contribution in [0.1, 0.15) is 106 Å². The van der Waals surface area contributed by atoms with Crippen molar-refractivity contribution in [3.05, 3.63) is 71.7 Å². The van der Waals surface area contributed by atoms with Crippen molar-refractivity contribution in [2.45, 2.75) is 103 Å². The Morgan fingerprint density at radius 3 is 2.67 bits per heavy atom. The summed E-state index contributed by atoms with van der Waals surface area (Å²) in [6, 6.07) is 7.56. The van der Waals surface area contributed by atoms with Crippen LogP contribution < -0.4 is 16.4 Å². The van der Waals surface area contributed by atoms with Crippen LogP contribution in [0.5, 0.6) is 0 Å². The Kier molecular flexibility index (Phi) is 11.4. The normalized spacial score (nSPS) is 21.1. The molecular formula is C39H49F3N8O. The monoisotopic (exact) mass is 702 g/mol. The van der Waals surface area contributed by atoms with E-state index in [1.165, 1.54) is 51.3 Å². The maximum Gasteiger partial charge on any atom is 0.416 e. The molecule has 5 unspecified atom stereocenters. The second kappa shape index (κ2) is 15.9. The molecule has 9 nitrogen and oxygen atoms in total. The quantitative estimate of drug-likeness (QED) is 0.0886. The Hall–Kier alpha value is -4.32. The third-order valence-corrected chi connectivity index (χ3v) is 10.8. The number of anilines is 2. The van der Waals surface area contributed by atoms with Crippen molar-refractivity contribution in [2.24, 2.45) is 17.8 Å². The fourth-order valence-corrected chi connectivity index (χ4v) is 8.22. The molecule has 6 rings (SSSR count). The molecule has 12 heteroatoms. The van der Waals surface area contributed by atoms with Gasteiger partial charge in [-0.3, -0.25) is 4.79 Å². The first-order chi connectivity index (χ1) is 24.6. The number of hydrogen-bond donors (Lipinski definition) is 3. The summed E-state index contributed by atoms with van der Waals surface area (Å²) in [4.78, 5) is 25.9. The van der Waals surface area contributed by atoms with Gasteiger partial charge in [0.15, 0.2) is 5.65 Å². The van der Waals surface area contributed by atoms with E-state index in [1.807, 2.05) is 10.7 Å². The summed E-state index contributed by atoms with van der Waals surface area (Å²) in [5.41, 5.74) is 8.56. The molecule has 0 bridgehead atoms. The Bertz CT molecular complexity index is 1850. The lowest BCUT2D eigenvalue weighted by Crippen LogP contribution is -2.30. The molecule has 5 atom stereocenters. The zero-order valence-corrected chi connectivity index (χ0v) is 29.7. The van der Waals surface area contributed by atoms with Gasteiger partial charge in [-0.15, -0.1) is 0 Å². The van der Waals surface area contributed by atoms with E-state index in [0.29, 0.717) is 57.5 Å². The maximum atomic E-state index is 13.2. The second-order valence-electron chi connectivity index (χ2n) is 14.3. The highest BCUT2D eigenvalue weighted by atomic mass is 19.4. The number of aryl methyl sites for hydroxylation is 1. The van der Waals surface area contributed by atoms with E-state index in [-0.39, 0.29) is 11.9 Å². The van der Waals surface area contributed by atoms with Crippen LogP contribution in [-0.2, 0) is 6.18 Å². The number of pyridine rings is 1. The van der Waals surface area contributed by atoms with Crippen LogP contribution >= 0.6 is 0 Å². The molecule has 3 aromatic heterocycles. The molecule has 272 valence electrons. The standard InChI is InChI=1S/C39H49F3N8O/c1-4-6-7-8-9-10-12-25(11-5-2)18-32-31-21-29(19-27(31)22-45-32)50-37-34(36(43)46-23-47-37)35(49-50)26-13-14-30(24(3)17-26)38(51)48-33-20-28(15-16-44-33)39(40,41)42/h5,11,13-17,20,23,25,27,29,31-32,45H,4,6-10,12,18-19,21-22H2,1-3H3,(H2,43,46,47)(H,44,48,51). The maximum absolute atomic E-state index is 13.2. The highest BCUT2D eigenvalue weighted by molar-refractivity contribution is 6.05. The number of carbonyl (C=O) groups is 1. The summed E-state index contributed by atoms with van der Waals surface area (Å²) >= 11 is 0. The van der Waals surface area contributed by atoms with Crippen molar-refractivity contribution in [1.82, 2.24) is 30.0 Å². The molecule has 0 spiro atoms. The molecule has 1 saturated carbocycles. The predicted molar refractivity (Wildman–Crippen MR) is 195 cm³/mol. The summed E-state index contributed by atoms with van der Waals surface area (Å²) in [6.07, 6.45) is 14.8. The van der Waals surface area contributed by atoms with Crippen LogP contribution in [0.25, 0.3) is 22.3 Å². The first-order valence-corrected chi connectivity index (χ1v) is 18.4. The number of hydrogen-bond acceptors (Lipinski definition) is 7. The van der Waals surface area contributed by atoms with E-state index >= 15 is 0 Å². The average molecular weight is 703 g/mol. The van der Waals surface area contributed by atoms with Gasteiger partial charge in [-0.05, 0) is 93.7 Å². The number of alkyl halides is 3. The van der Waals surface area contributed by atoms with E-state index < -0.39 is 17.6 Å². The number of nitrogen functional groups attached to an aromatic ring is 1. The number of halogens is 3. The molecule has 1 aliphatic heterocycles. The number of rotatable bonds is 14. The number of carbonyl (C=O) groups excluding carboxylic acids is 1. The highest BCUT2D eigenvalue weighted by Gasteiger charge is 2.45. The number of unbranched alkanes of at least 4 members (excludes halogenated alkanes) is 5. The van der Waals surface area contributed by atoms with Crippen LogP contribution in [0, 0.1) is 24.7 Å². The molecular weight excluding hydrogens is 653 g/mol. The molecule has 0 radical (unpaired) electrons. The van der Waals surface area contributed by atoms with Crippen molar-refractivity contribution in [2.75, 3.05) is 17.6 Å². The number of fused-ring (bicyclic) bond motifs is 2. The minimum absolute atomic E-state index is 0.167. The van der Waals surface area contributed by atoms with Gasteiger partial charge in [0.05, 0.1) is 17.0 Å². The summed E-state index contributed by atoms with van der Waals surface area (Å²) in [7, 11) is 0. The molecule has 2 fully saturated rings. The largest absolute Gasteiger partial charge is 0.416 e. The fraction of sp³-hybridized carbons (Fsp3) is 0.513. The van der Waals surface area contributed by atoms with Crippen LogP contribution in [-0.4, -0.2) is 43.2 Å². The van der Waals surface area contributed by atoms with E-state index in [1.54, 1.807) is 19.1 Å². The number of nitrogens with two attached hydrogens (primary N) is 1. The Morgan fingerprint density at radius 2 is 1.90 bits per heavy atom. The minimum atomic E-state index is -4.55. The predicted octanol–water partition coefficient (Wildman–Crippen LogP) is 8.92. The molecule has 1 aliphatic carbocycles. The van der Waals surface area contributed by atoms with Crippen LogP contribution in [0.4, 0.5) is 24.8 Å². The van der Waals surface area contributed by atoms with Crippen molar-refractivity contribution in [3.63, 3.8) is 0 Å². The molecule has 1 saturated heterocycles. The molecule has 4 N–H and O–H groups in total. The van der Waals surface area contributed by atoms with Gasteiger partial charge in [-0.1, -0.05) is 63.7 Å². The smallest absolute Gasteiger partial charge is 0.383 e. The SMILES string of the molecule is CC=CC(CCCCCCCC)CC1NCC2CC(n3nc(-c4ccc(C(=O)Nc5cc(C(F)(F)F)ccn5)c(C)c4)c4c(N)ncnc43)CC21. The molecule has 4 aromatic rings. The van der Waals surface area contributed by atoms with E-state index in [4.69, 9.17) is 10.8 Å². The topological polar surface area (TPSA) is 124 Å². The number of benzene rings is 1. The number of nitrogens with one attached hydrogen (secondary N) is 2. The zero-order chi connectivity index (χ0) is 36.1. The number of amides is 1. The van der Waals surface area contributed by atoms with E-state index in [0.717, 1.165) is 49.7 Å². The van der Waals surface area contributed by atoms with Gasteiger partial charge in [0.1, 0.15) is 23.7 Å². The van der Waals surface area contributed by atoms with Gasteiger partial charge < -0.3 is 16.4 Å². The summed E-state index contributed by atoms with van der Waals surface area (Å²) in [5.74, 6) is 1.29. The minimum Gasteiger partial charge on any atom is -0.383 e. The number of allylic oxidation sites excluding steroid dienone is 2. The van der Waals surface area contributed by atoms with E-state index in [2.05, 4.69) is 51.6 Å². The third-order valence-electron chi connectivity index (χ3n) is 10.8. The summed E-state index contributed by atoms with van der Waals surface area (Å²) < 4.78 is 41.6. The molecule has 1 aromatic carbocycles. The van der Waals surface area contributed by atoms with Gasteiger partial charge in [0, 0.05) is 23.4 Å². The lowest BCUT2D eigenvalue weighted by molar-refractivity contribution is -0.137. The molecule has 51 heavy (non-hydrogen) atoms.